The molecule has 1 atom stereocenters. The standard InChI is InChI=1S/C29H34N2O3/c1-2-3-13-20-30-29(33)27(21-24-14-7-4-8-15-24)31(22-25-16-9-5-10-17-25)28(32)23-34-26-18-11-6-12-19-26/h4-12,14-19,27H,2-3,13,20-23H2,1H3,(H,30,33)/t27-/m1/s1. The number of nitrogens with zero attached hydrogens (tertiary/aromatic N) is 1. The Morgan fingerprint density at radius 1 is 0.824 bits per heavy atom. The molecule has 3 aromatic carbocycles. The first-order valence-electron chi connectivity index (χ1n) is 12.0. The fraction of sp³-hybridized carbons (Fsp3) is 0.310. The highest BCUT2D eigenvalue weighted by atomic mass is 16.5. The van der Waals surface area contributed by atoms with E-state index in [2.05, 4.69) is 12.2 Å². The predicted molar refractivity (Wildman–Crippen MR) is 135 cm³/mol. The summed E-state index contributed by atoms with van der Waals surface area (Å²) in [7, 11) is 0. The average Bonchev–Trinajstić information content (AvgIpc) is 2.89. The van der Waals surface area contributed by atoms with E-state index >= 15 is 0 Å². The Labute approximate surface area is 202 Å². The molecule has 0 aliphatic rings. The monoisotopic (exact) mass is 458 g/mol. The highest BCUT2D eigenvalue weighted by Gasteiger charge is 2.30. The highest BCUT2D eigenvalue weighted by Crippen LogP contribution is 2.16. The SMILES string of the molecule is CCCCCNC(=O)[C@@H](Cc1ccccc1)N(Cc1ccccc1)C(=O)COc1ccccc1. The summed E-state index contributed by atoms with van der Waals surface area (Å²) in [6, 6.07) is 28.2. The Morgan fingerprint density at radius 3 is 2.03 bits per heavy atom. The lowest BCUT2D eigenvalue weighted by Crippen LogP contribution is -2.51. The minimum absolute atomic E-state index is 0.134. The summed E-state index contributed by atoms with van der Waals surface area (Å²) in [4.78, 5) is 28.5. The van der Waals surface area contributed by atoms with Crippen LogP contribution in [0, 0.1) is 0 Å². The van der Waals surface area contributed by atoms with Crippen molar-refractivity contribution in [3.63, 3.8) is 0 Å². The molecule has 3 rings (SSSR count). The molecule has 3 aromatic rings. The zero-order chi connectivity index (χ0) is 24.0. The van der Waals surface area contributed by atoms with Crippen LogP contribution in [0.4, 0.5) is 0 Å². The summed E-state index contributed by atoms with van der Waals surface area (Å²) in [6.07, 6.45) is 3.49. The Hall–Kier alpha value is -3.60. The van der Waals surface area contributed by atoms with E-state index in [-0.39, 0.29) is 18.4 Å². The molecule has 2 amide bonds. The molecule has 34 heavy (non-hydrogen) atoms. The van der Waals surface area contributed by atoms with Gasteiger partial charge in [-0.05, 0) is 29.7 Å². The fourth-order valence-corrected chi connectivity index (χ4v) is 3.78. The smallest absolute Gasteiger partial charge is 0.261 e. The van der Waals surface area contributed by atoms with Crippen LogP contribution in [0.2, 0.25) is 0 Å². The zero-order valence-electron chi connectivity index (χ0n) is 19.9. The molecular formula is C29H34N2O3. The molecular weight excluding hydrogens is 424 g/mol. The number of hydrogen-bond donors (Lipinski definition) is 1. The molecule has 0 unspecified atom stereocenters. The molecule has 0 aromatic heterocycles. The maximum atomic E-state index is 13.5. The van der Waals surface area contributed by atoms with Crippen LogP contribution in [0.15, 0.2) is 91.0 Å². The van der Waals surface area contributed by atoms with Crippen molar-refractivity contribution in [3.05, 3.63) is 102 Å². The summed E-state index contributed by atoms with van der Waals surface area (Å²) < 4.78 is 5.76. The first kappa shape index (κ1) is 25.0. The number of hydrogen-bond acceptors (Lipinski definition) is 3. The lowest BCUT2D eigenvalue weighted by atomic mass is 10.0. The average molecular weight is 459 g/mol. The van der Waals surface area contributed by atoms with Crippen molar-refractivity contribution in [2.75, 3.05) is 13.2 Å². The van der Waals surface area contributed by atoms with E-state index in [0.29, 0.717) is 25.3 Å². The molecule has 0 aliphatic carbocycles. The number of ether oxygens (including phenoxy) is 1. The van der Waals surface area contributed by atoms with Gasteiger partial charge >= 0.3 is 0 Å². The van der Waals surface area contributed by atoms with Crippen molar-refractivity contribution < 1.29 is 14.3 Å². The third-order valence-corrected chi connectivity index (χ3v) is 5.65. The molecule has 0 heterocycles. The van der Waals surface area contributed by atoms with Crippen LogP contribution in [-0.2, 0) is 22.6 Å². The topological polar surface area (TPSA) is 58.6 Å². The van der Waals surface area contributed by atoms with Crippen LogP contribution in [0.3, 0.4) is 0 Å². The number of carbonyl (C=O) groups excluding carboxylic acids is 2. The van der Waals surface area contributed by atoms with Crippen LogP contribution < -0.4 is 10.1 Å². The predicted octanol–water partition coefficient (Wildman–Crippen LogP) is 5.01. The molecule has 5 heteroatoms. The summed E-state index contributed by atoms with van der Waals surface area (Å²) in [5, 5.41) is 3.06. The van der Waals surface area contributed by atoms with Crippen LogP contribution in [0.25, 0.3) is 0 Å². The van der Waals surface area contributed by atoms with Crippen molar-refractivity contribution in [2.45, 2.75) is 45.2 Å². The molecule has 178 valence electrons. The molecule has 0 fully saturated rings. The molecule has 5 nitrogen and oxygen atoms in total. The van der Waals surface area contributed by atoms with Gasteiger partial charge in [-0.15, -0.1) is 0 Å². The summed E-state index contributed by atoms with van der Waals surface area (Å²) in [5.41, 5.74) is 1.97. The van der Waals surface area contributed by atoms with E-state index in [0.717, 1.165) is 30.4 Å². The molecule has 0 spiro atoms. The Balaban J connectivity index is 1.83. The first-order valence-corrected chi connectivity index (χ1v) is 12.0. The van der Waals surface area contributed by atoms with Crippen LogP contribution in [0.1, 0.15) is 37.3 Å². The van der Waals surface area contributed by atoms with E-state index in [9.17, 15) is 9.59 Å². The van der Waals surface area contributed by atoms with Gasteiger partial charge in [0.05, 0.1) is 0 Å². The van der Waals surface area contributed by atoms with E-state index < -0.39 is 6.04 Å². The molecule has 0 radical (unpaired) electrons. The van der Waals surface area contributed by atoms with Crippen molar-refractivity contribution in [1.82, 2.24) is 10.2 Å². The number of rotatable bonds is 13. The fourth-order valence-electron chi connectivity index (χ4n) is 3.78. The van der Waals surface area contributed by atoms with Gasteiger partial charge in [0.25, 0.3) is 5.91 Å². The second-order valence-electron chi connectivity index (χ2n) is 8.31. The van der Waals surface area contributed by atoms with E-state index in [1.54, 1.807) is 4.90 Å². The Bertz CT molecular complexity index is 994. The van der Waals surface area contributed by atoms with Gasteiger partial charge in [0.2, 0.25) is 5.91 Å². The van der Waals surface area contributed by atoms with E-state index in [4.69, 9.17) is 4.74 Å². The zero-order valence-corrected chi connectivity index (χ0v) is 19.9. The van der Waals surface area contributed by atoms with Crippen LogP contribution in [-0.4, -0.2) is 35.9 Å². The minimum Gasteiger partial charge on any atom is -0.484 e. The summed E-state index contributed by atoms with van der Waals surface area (Å²) in [5.74, 6) is 0.264. The summed E-state index contributed by atoms with van der Waals surface area (Å²) in [6.45, 7) is 2.93. The minimum atomic E-state index is -0.642. The second-order valence-corrected chi connectivity index (χ2v) is 8.31. The highest BCUT2D eigenvalue weighted by molar-refractivity contribution is 5.88. The van der Waals surface area contributed by atoms with Crippen molar-refractivity contribution in [1.29, 1.82) is 0 Å². The van der Waals surface area contributed by atoms with Crippen molar-refractivity contribution in [2.24, 2.45) is 0 Å². The normalized spacial score (nSPS) is 11.4. The lowest BCUT2D eigenvalue weighted by molar-refractivity contribution is -0.142. The van der Waals surface area contributed by atoms with Crippen LogP contribution >= 0.6 is 0 Å². The third-order valence-electron chi connectivity index (χ3n) is 5.65. The van der Waals surface area contributed by atoms with Gasteiger partial charge in [-0.1, -0.05) is 98.6 Å². The van der Waals surface area contributed by atoms with Crippen molar-refractivity contribution in [3.8, 4) is 5.75 Å². The van der Waals surface area contributed by atoms with E-state index in [1.807, 2.05) is 91.0 Å². The third kappa shape index (κ3) is 8.07. The first-order chi connectivity index (χ1) is 16.7. The molecule has 0 bridgehead atoms. The van der Waals surface area contributed by atoms with Crippen LogP contribution in [0.5, 0.6) is 5.75 Å². The summed E-state index contributed by atoms with van der Waals surface area (Å²) >= 11 is 0. The molecule has 0 saturated heterocycles. The van der Waals surface area contributed by atoms with Gasteiger partial charge in [-0.2, -0.15) is 0 Å². The van der Waals surface area contributed by atoms with Gasteiger partial charge < -0.3 is 15.0 Å². The van der Waals surface area contributed by atoms with Gasteiger partial charge in [0.1, 0.15) is 11.8 Å². The van der Waals surface area contributed by atoms with Gasteiger partial charge in [-0.25, -0.2) is 0 Å². The lowest BCUT2D eigenvalue weighted by Gasteiger charge is -2.31. The Morgan fingerprint density at radius 2 is 1.41 bits per heavy atom. The maximum Gasteiger partial charge on any atom is 0.261 e. The van der Waals surface area contributed by atoms with Gasteiger partial charge in [-0.3, -0.25) is 9.59 Å². The quantitative estimate of drug-likeness (QED) is 0.366. The Kier molecular flexibility index (Phi) is 10.2. The number of carbonyl (C=O) groups is 2. The largest absolute Gasteiger partial charge is 0.484 e. The maximum absolute atomic E-state index is 13.5. The number of para-hydroxylation sites is 1. The molecule has 0 saturated carbocycles. The van der Waals surface area contributed by atoms with Crippen molar-refractivity contribution >= 4 is 11.8 Å². The van der Waals surface area contributed by atoms with E-state index in [1.165, 1.54) is 0 Å². The van der Waals surface area contributed by atoms with Gasteiger partial charge in [0.15, 0.2) is 6.61 Å². The van der Waals surface area contributed by atoms with Gasteiger partial charge in [0, 0.05) is 19.5 Å². The number of unbranched alkanes of at least 4 members (excludes halogenated alkanes) is 2. The number of amides is 2. The number of nitrogens with one attached hydrogen (secondary N) is 1. The molecule has 0 aliphatic heterocycles. The second kappa shape index (κ2) is 13.8. The number of benzene rings is 3. The molecule has 1 N–H and O–H groups in total.